The zero-order chi connectivity index (χ0) is 20.9. The molecule has 0 radical (unpaired) electrons. The van der Waals surface area contributed by atoms with Crippen LogP contribution in [0.5, 0.6) is 11.5 Å². The monoisotopic (exact) mass is 420 g/mol. The van der Waals surface area contributed by atoms with E-state index in [1.54, 1.807) is 31.2 Å². The summed E-state index contributed by atoms with van der Waals surface area (Å²) in [4.78, 5) is 12.8. The van der Waals surface area contributed by atoms with Crippen molar-refractivity contribution in [2.75, 3.05) is 0 Å². The summed E-state index contributed by atoms with van der Waals surface area (Å²) in [6.45, 7) is 1.76. The molecule has 1 heterocycles. The summed E-state index contributed by atoms with van der Waals surface area (Å²) in [5, 5.41) is 1.02. The normalized spacial score (nSPS) is 12.4. The predicted octanol–water partition coefficient (Wildman–Crippen LogP) is 6.80. The standard InChI is InChI=1S/C22H19F3O3S/c1-2-19(20-12-16(14-29-20)22(23,24)25)21(26)27-13-15-7-6-10-18(11-15)28-17-8-4-3-5-9-17/h3-12,14,19H,2,13H2,1H3. The molecule has 0 amide bonds. The maximum atomic E-state index is 12.8. The van der Waals surface area contributed by atoms with Gasteiger partial charge in [0.25, 0.3) is 0 Å². The Labute approximate surface area is 170 Å². The van der Waals surface area contributed by atoms with Crippen LogP contribution >= 0.6 is 11.3 Å². The van der Waals surface area contributed by atoms with Gasteiger partial charge in [0.2, 0.25) is 0 Å². The quantitative estimate of drug-likeness (QED) is 0.395. The number of rotatable bonds is 7. The average molecular weight is 420 g/mol. The van der Waals surface area contributed by atoms with Crippen LogP contribution in [0.4, 0.5) is 13.2 Å². The van der Waals surface area contributed by atoms with Crippen molar-refractivity contribution in [1.82, 2.24) is 0 Å². The van der Waals surface area contributed by atoms with Gasteiger partial charge in [0.1, 0.15) is 18.1 Å². The second kappa shape index (κ2) is 9.13. The summed E-state index contributed by atoms with van der Waals surface area (Å²) in [6, 6.07) is 17.4. The molecule has 0 spiro atoms. The van der Waals surface area contributed by atoms with Crippen molar-refractivity contribution in [3.05, 3.63) is 82.0 Å². The van der Waals surface area contributed by atoms with Gasteiger partial charge in [0, 0.05) is 10.3 Å². The van der Waals surface area contributed by atoms with Gasteiger partial charge < -0.3 is 9.47 Å². The van der Waals surface area contributed by atoms with Crippen molar-refractivity contribution in [3.8, 4) is 11.5 Å². The maximum Gasteiger partial charge on any atom is 0.417 e. The average Bonchev–Trinajstić information content (AvgIpc) is 3.18. The van der Waals surface area contributed by atoms with E-state index in [9.17, 15) is 18.0 Å². The lowest BCUT2D eigenvalue weighted by Gasteiger charge is -2.13. The minimum Gasteiger partial charge on any atom is -0.460 e. The van der Waals surface area contributed by atoms with E-state index >= 15 is 0 Å². The number of hydrogen-bond acceptors (Lipinski definition) is 4. The Hall–Kier alpha value is -2.80. The van der Waals surface area contributed by atoms with Gasteiger partial charge in [-0.1, -0.05) is 37.3 Å². The molecule has 0 aliphatic rings. The minimum atomic E-state index is -4.42. The Morgan fingerprint density at radius 2 is 1.76 bits per heavy atom. The van der Waals surface area contributed by atoms with Gasteiger partial charge >= 0.3 is 12.1 Å². The molecule has 152 valence electrons. The van der Waals surface area contributed by atoms with E-state index in [0.717, 1.165) is 28.3 Å². The Balaban J connectivity index is 1.63. The second-order valence-electron chi connectivity index (χ2n) is 6.37. The molecule has 0 bridgehead atoms. The summed E-state index contributed by atoms with van der Waals surface area (Å²) < 4.78 is 49.6. The zero-order valence-corrected chi connectivity index (χ0v) is 16.4. The molecule has 1 unspecified atom stereocenters. The molecule has 7 heteroatoms. The molecule has 1 atom stereocenters. The van der Waals surface area contributed by atoms with Crippen LogP contribution in [0.1, 0.15) is 35.3 Å². The molecule has 29 heavy (non-hydrogen) atoms. The third kappa shape index (κ3) is 5.60. The van der Waals surface area contributed by atoms with Crippen LogP contribution in [0.25, 0.3) is 0 Å². The number of esters is 1. The highest BCUT2D eigenvalue weighted by Crippen LogP contribution is 2.36. The van der Waals surface area contributed by atoms with Crippen molar-refractivity contribution in [2.24, 2.45) is 0 Å². The summed E-state index contributed by atoms with van der Waals surface area (Å²) in [6.07, 6.45) is -4.07. The Morgan fingerprint density at radius 3 is 2.41 bits per heavy atom. The molecule has 1 aromatic heterocycles. The van der Waals surface area contributed by atoms with E-state index in [0.29, 0.717) is 22.8 Å². The molecule has 0 N–H and O–H groups in total. The zero-order valence-electron chi connectivity index (χ0n) is 15.6. The van der Waals surface area contributed by atoms with Crippen molar-refractivity contribution < 1.29 is 27.4 Å². The van der Waals surface area contributed by atoms with E-state index in [1.165, 1.54) is 0 Å². The molecule has 3 rings (SSSR count). The second-order valence-corrected chi connectivity index (χ2v) is 7.31. The molecule has 3 aromatic rings. The van der Waals surface area contributed by atoms with E-state index in [1.807, 2.05) is 30.3 Å². The topological polar surface area (TPSA) is 35.5 Å². The van der Waals surface area contributed by atoms with Gasteiger partial charge in [-0.2, -0.15) is 13.2 Å². The lowest BCUT2D eigenvalue weighted by molar-refractivity contribution is -0.147. The fourth-order valence-electron chi connectivity index (χ4n) is 2.75. The van der Waals surface area contributed by atoms with Gasteiger partial charge in [-0.05, 0) is 42.3 Å². The first kappa shape index (κ1) is 20.9. The third-order valence-electron chi connectivity index (χ3n) is 4.24. The van der Waals surface area contributed by atoms with Gasteiger partial charge in [-0.15, -0.1) is 11.3 Å². The van der Waals surface area contributed by atoms with Crippen molar-refractivity contribution in [2.45, 2.75) is 32.0 Å². The molecule has 0 aliphatic heterocycles. The van der Waals surface area contributed by atoms with Crippen LogP contribution in [0.3, 0.4) is 0 Å². The number of para-hydroxylation sites is 1. The highest BCUT2D eigenvalue weighted by atomic mass is 32.1. The number of ether oxygens (including phenoxy) is 2. The number of carbonyl (C=O) groups is 1. The predicted molar refractivity (Wildman–Crippen MR) is 105 cm³/mol. The largest absolute Gasteiger partial charge is 0.460 e. The van der Waals surface area contributed by atoms with Crippen LogP contribution in [0, 0.1) is 0 Å². The minimum absolute atomic E-state index is 0.0127. The van der Waals surface area contributed by atoms with Crippen molar-refractivity contribution in [3.63, 3.8) is 0 Å². The number of thiophene rings is 1. The van der Waals surface area contributed by atoms with Crippen molar-refractivity contribution >= 4 is 17.3 Å². The number of benzene rings is 2. The molecular formula is C22H19F3O3S. The molecule has 0 saturated heterocycles. The van der Waals surface area contributed by atoms with Gasteiger partial charge in [0.15, 0.2) is 0 Å². The number of carbonyl (C=O) groups excluding carboxylic acids is 1. The lowest BCUT2D eigenvalue weighted by atomic mass is 10.0. The third-order valence-corrected chi connectivity index (χ3v) is 5.29. The van der Waals surface area contributed by atoms with E-state index in [4.69, 9.17) is 9.47 Å². The van der Waals surface area contributed by atoms with E-state index in [-0.39, 0.29) is 6.61 Å². The maximum absolute atomic E-state index is 12.8. The molecule has 2 aromatic carbocycles. The van der Waals surface area contributed by atoms with E-state index in [2.05, 4.69) is 0 Å². The summed E-state index contributed by atoms with van der Waals surface area (Å²) in [5.74, 6) is 0.0213. The van der Waals surface area contributed by atoms with Crippen LogP contribution in [0.2, 0.25) is 0 Å². The van der Waals surface area contributed by atoms with Crippen LogP contribution < -0.4 is 4.74 Å². The van der Waals surface area contributed by atoms with Crippen LogP contribution in [0.15, 0.2) is 66.0 Å². The number of hydrogen-bond donors (Lipinski definition) is 0. The highest BCUT2D eigenvalue weighted by molar-refractivity contribution is 7.10. The number of alkyl halides is 3. The number of halogens is 3. The van der Waals surface area contributed by atoms with Crippen LogP contribution in [-0.4, -0.2) is 5.97 Å². The molecule has 0 saturated carbocycles. The Kier molecular flexibility index (Phi) is 6.59. The Bertz CT molecular complexity index is 951. The highest BCUT2D eigenvalue weighted by Gasteiger charge is 2.33. The summed E-state index contributed by atoms with van der Waals surface area (Å²) >= 11 is 0.922. The molecular weight excluding hydrogens is 401 g/mol. The molecule has 0 fully saturated rings. The fourth-order valence-corrected chi connectivity index (χ4v) is 3.83. The molecule has 3 nitrogen and oxygen atoms in total. The smallest absolute Gasteiger partial charge is 0.417 e. The first-order valence-electron chi connectivity index (χ1n) is 9.01. The van der Waals surface area contributed by atoms with Crippen LogP contribution in [-0.2, 0) is 22.3 Å². The fraction of sp³-hybridized carbons (Fsp3) is 0.227. The van der Waals surface area contributed by atoms with Crippen molar-refractivity contribution in [1.29, 1.82) is 0 Å². The first-order chi connectivity index (χ1) is 13.9. The lowest BCUT2D eigenvalue weighted by Crippen LogP contribution is -2.14. The van der Waals surface area contributed by atoms with Gasteiger partial charge in [0.05, 0.1) is 11.5 Å². The summed E-state index contributed by atoms with van der Waals surface area (Å²) in [5.41, 5.74) is -0.0155. The first-order valence-corrected chi connectivity index (χ1v) is 9.89. The molecule has 0 aliphatic carbocycles. The van der Waals surface area contributed by atoms with Gasteiger partial charge in [-0.25, -0.2) is 0 Å². The Morgan fingerprint density at radius 1 is 1.03 bits per heavy atom. The van der Waals surface area contributed by atoms with Gasteiger partial charge in [-0.3, -0.25) is 4.79 Å². The SMILES string of the molecule is CCC(C(=O)OCc1cccc(Oc2ccccc2)c1)c1cc(C(F)(F)F)cs1. The van der Waals surface area contributed by atoms with E-state index < -0.39 is 23.6 Å². The summed E-state index contributed by atoms with van der Waals surface area (Å²) in [7, 11) is 0.